The maximum atomic E-state index is 11.8. The van der Waals surface area contributed by atoms with Crippen molar-refractivity contribution in [2.75, 3.05) is 20.3 Å². The molecule has 17 heavy (non-hydrogen) atoms. The largest absolute Gasteiger partial charge is 0.380 e. The number of rotatable bonds is 6. The molecule has 2 fully saturated rings. The Labute approximate surface area is 102 Å². The monoisotopic (exact) mass is 242 g/mol. The Hall–Kier alpha value is -0.650. The summed E-state index contributed by atoms with van der Waals surface area (Å²) in [6, 6.07) is 0.185. The summed E-state index contributed by atoms with van der Waals surface area (Å²) in [6.07, 6.45) is 3.78. The first-order chi connectivity index (χ1) is 8.24. The predicted octanol–water partition coefficient (Wildman–Crippen LogP) is 0.0339. The van der Waals surface area contributed by atoms with E-state index < -0.39 is 0 Å². The molecule has 1 saturated carbocycles. The summed E-state index contributed by atoms with van der Waals surface area (Å²) in [5.41, 5.74) is 5.50. The number of nitrogens with one attached hydrogen (secondary N) is 1. The van der Waals surface area contributed by atoms with Gasteiger partial charge in [-0.15, -0.1) is 0 Å². The highest BCUT2D eigenvalue weighted by Crippen LogP contribution is 2.38. The van der Waals surface area contributed by atoms with Crippen molar-refractivity contribution in [2.45, 2.75) is 43.9 Å². The number of nitrogens with two attached hydrogens (primary N) is 1. The smallest absolute Gasteiger partial charge is 0.222 e. The number of carbonyl (C=O) groups excluding carboxylic acids is 1. The van der Waals surface area contributed by atoms with Crippen LogP contribution in [0.1, 0.15) is 25.7 Å². The molecular formula is C12H22N2O3. The highest BCUT2D eigenvalue weighted by atomic mass is 16.5. The summed E-state index contributed by atoms with van der Waals surface area (Å²) in [5, 5.41) is 3.05. The molecule has 5 heteroatoms. The van der Waals surface area contributed by atoms with E-state index in [2.05, 4.69) is 5.32 Å². The minimum absolute atomic E-state index is 0.0171. The molecule has 1 aliphatic heterocycles. The molecule has 0 aromatic rings. The molecule has 0 aromatic heterocycles. The Morgan fingerprint density at radius 3 is 2.88 bits per heavy atom. The van der Waals surface area contributed by atoms with Crippen LogP contribution in [0.5, 0.6) is 0 Å². The van der Waals surface area contributed by atoms with Crippen LogP contribution >= 0.6 is 0 Å². The maximum absolute atomic E-state index is 11.8. The number of methoxy groups -OCH3 is 1. The molecule has 0 spiro atoms. The highest BCUT2D eigenvalue weighted by Gasteiger charge is 2.41. The third-order valence-corrected chi connectivity index (χ3v) is 3.58. The van der Waals surface area contributed by atoms with Crippen LogP contribution in [0.25, 0.3) is 0 Å². The van der Waals surface area contributed by atoms with E-state index >= 15 is 0 Å². The van der Waals surface area contributed by atoms with Crippen molar-refractivity contribution in [1.29, 1.82) is 0 Å². The van der Waals surface area contributed by atoms with Crippen molar-refractivity contribution in [2.24, 2.45) is 11.7 Å². The van der Waals surface area contributed by atoms with Crippen molar-refractivity contribution in [3.05, 3.63) is 0 Å². The Morgan fingerprint density at radius 2 is 2.29 bits per heavy atom. The first-order valence-electron chi connectivity index (χ1n) is 6.38. The van der Waals surface area contributed by atoms with E-state index in [-0.39, 0.29) is 24.2 Å². The number of amides is 1. The lowest BCUT2D eigenvalue weighted by molar-refractivity contribution is -0.124. The van der Waals surface area contributed by atoms with Crippen LogP contribution in [-0.2, 0) is 14.3 Å². The zero-order chi connectivity index (χ0) is 12.3. The van der Waals surface area contributed by atoms with Crippen LogP contribution in [0, 0.1) is 5.92 Å². The fourth-order valence-corrected chi connectivity index (χ4v) is 2.39. The molecule has 2 aliphatic rings. The lowest BCUT2D eigenvalue weighted by Crippen LogP contribution is -2.43. The number of carbonyl (C=O) groups is 1. The lowest BCUT2D eigenvalue weighted by Gasteiger charge is -2.20. The topological polar surface area (TPSA) is 73.6 Å². The van der Waals surface area contributed by atoms with Crippen molar-refractivity contribution in [3.8, 4) is 0 Å². The first kappa shape index (κ1) is 12.8. The Kier molecular flexibility index (Phi) is 4.36. The van der Waals surface area contributed by atoms with Gasteiger partial charge in [-0.2, -0.15) is 0 Å². The molecule has 3 N–H and O–H groups in total. The van der Waals surface area contributed by atoms with E-state index in [0.717, 1.165) is 13.0 Å². The molecule has 2 rings (SSSR count). The summed E-state index contributed by atoms with van der Waals surface area (Å²) in [6.45, 7) is 1.13. The third kappa shape index (κ3) is 3.40. The summed E-state index contributed by atoms with van der Waals surface area (Å²) in [5.74, 6) is 0.680. The molecule has 98 valence electrons. The predicted molar refractivity (Wildman–Crippen MR) is 63.5 cm³/mol. The maximum Gasteiger partial charge on any atom is 0.222 e. The van der Waals surface area contributed by atoms with Crippen LogP contribution in [0.3, 0.4) is 0 Å². The number of ether oxygens (including phenoxy) is 2. The highest BCUT2D eigenvalue weighted by molar-refractivity contribution is 5.76. The summed E-state index contributed by atoms with van der Waals surface area (Å²) in [4.78, 5) is 11.8. The SMILES string of the molecule is COC(CN)CC(=O)NC1CCOC1C1CC1. The average molecular weight is 242 g/mol. The van der Waals surface area contributed by atoms with E-state index in [4.69, 9.17) is 15.2 Å². The zero-order valence-corrected chi connectivity index (χ0v) is 10.4. The van der Waals surface area contributed by atoms with Gasteiger partial charge in [-0.25, -0.2) is 0 Å². The van der Waals surface area contributed by atoms with Crippen LogP contribution < -0.4 is 11.1 Å². The summed E-state index contributed by atoms with van der Waals surface area (Å²) in [7, 11) is 1.58. The van der Waals surface area contributed by atoms with E-state index in [1.807, 2.05) is 0 Å². The van der Waals surface area contributed by atoms with Crippen LogP contribution in [0.4, 0.5) is 0 Å². The third-order valence-electron chi connectivity index (χ3n) is 3.58. The second-order valence-corrected chi connectivity index (χ2v) is 4.93. The van der Waals surface area contributed by atoms with Crippen molar-refractivity contribution >= 4 is 5.91 Å². The van der Waals surface area contributed by atoms with Crippen LogP contribution in [0.15, 0.2) is 0 Å². The van der Waals surface area contributed by atoms with Crippen LogP contribution in [0.2, 0.25) is 0 Å². The van der Waals surface area contributed by atoms with Crippen molar-refractivity contribution in [1.82, 2.24) is 5.32 Å². The molecule has 3 atom stereocenters. The standard InChI is InChI=1S/C12H22N2O3/c1-16-9(7-13)6-11(15)14-10-4-5-17-12(10)8-2-3-8/h8-10,12H,2-7,13H2,1H3,(H,14,15). The van der Waals surface area contributed by atoms with Crippen LogP contribution in [-0.4, -0.2) is 44.4 Å². The molecule has 1 aliphatic carbocycles. The molecular weight excluding hydrogens is 220 g/mol. The molecule has 3 unspecified atom stereocenters. The fraction of sp³-hybridized carbons (Fsp3) is 0.917. The minimum atomic E-state index is -0.184. The van der Waals surface area contributed by atoms with Gasteiger partial charge in [-0.3, -0.25) is 4.79 Å². The van der Waals surface area contributed by atoms with Gasteiger partial charge in [0.2, 0.25) is 5.91 Å². The second-order valence-electron chi connectivity index (χ2n) is 4.93. The number of hydrogen-bond acceptors (Lipinski definition) is 4. The van der Waals surface area contributed by atoms with Crippen molar-refractivity contribution < 1.29 is 14.3 Å². The molecule has 5 nitrogen and oxygen atoms in total. The van der Waals surface area contributed by atoms with Crippen molar-refractivity contribution in [3.63, 3.8) is 0 Å². The van der Waals surface area contributed by atoms with Gasteiger partial charge in [-0.1, -0.05) is 0 Å². The van der Waals surface area contributed by atoms with E-state index in [0.29, 0.717) is 18.9 Å². The van der Waals surface area contributed by atoms with E-state index in [1.165, 1.54) is 12.8 Å². The molecule has 0 bridgehead atoms. The van der Waals surface area contributed by atoms with Gasteiger partial charge in [0.05, 0.1) is 24.7 Å². The number of hydrogen-bond donors (Lipinski definition) is 2. The van der Waals surface area contributed by atoms with Gasteiger partial charge in [0, 0.05) is 20.3 Å². The van der Waals surface area contributed by atoms with E-state index in [9.17, 15) is 4.79 Å². The molecule has 1 saturated heterocycles. The fourth-order valence-electron chi connectivity index (χ4n) is 2.39. The normalized spacial score (nSPS) is 30.2. The second kappa shape index (κ2) is 5.80. The lowest BCUT2D eigenvalue weighted by atomic mass is 10.1. The molecule has 0 aromatic carbocycles. The molecule has 1 heterocycles. The zero-order valence-electron chi connectivity index (χ0n) is 10.4. The Balaban J connectivity index is 1.77. The van der Waals surface area contributed by atoms with Gasteiger partial charge in [0.1, 0.15) is 0 Å². The van der Waals surface area contributed by atoms with Gasteiger partial charge in [-0.05, 0) is 25.2 Å². The Bertz CT molecular complexity index is 264. The molecule has 1 amide bonds. The summed E-state index contributed by atoms with van der Waals surface area (Å²) < 4.78 is 10.8. The first-order valence-corrected chi connectivity index (χ1v) is 6.38. The van der Waals surface area contributed by atoms with Gasteiger partial charge in [0.15, 0.2) is 0 Å². The quantitative estimate of drug-likeness (QED) is 0.689. The molecule has 0 radical (unpaired) electrons. The van der Waals surface area contributed by atoms with Gasteiger partial charge in [0.25, 0.3) is 0 Å². The van der Waals surface area contributed by atoms with E-state index in [1.54, 1.807) is 7.11 Å². The average Bonchev–Trinajstić information content (AvgIpc) is 3.07. The Morgan fingerprint density at radius 1 is 1.53 bits per heavy atom. The van der Waals surface area contributed by atoms with Gasteiger partial charge >= 0.3 is 0 Å². The van der Waals surface area contributed by atoms with Gasteiger partial charge < -0.3 is 20.5 Å². The summed E-state index contributed by atoms with van der Waals surface area (Å²) >= 11 is 0. The minimum Gasteiger partial charge on any atom is -0.380 e.